The monoisotopic (exact) mass is 221 g/mol. The van der Waals surface area contributed by atoms with E-state index in [1.54, 1.807) is 28.7 Å². The lowest BCUT2D eigenvalue weighted by Crippen LogP contribution is -2.06. The van der Waals surface area contributed by atoms with E-state index in [4.69, 9.17) is 5.11 Å². The van der Waals surface area contributed by atoms with Gasteiger partial charge in [0.1, 0.15) is 5.69 Å². The van der Waals surface area contributed by atoms with E-state index < -0.39 is 5.97 Å². The molecule has 84 valence electrons. The summed E-state index contributed by atoms with van der Waals surface area (Å²) in [5.74, 6) is -1.09. The lowest BCUT2D eigenvalue weighted by Gasteiger charge is -2.04. The Morgan fingerprint density at radius 1 is 1.56 bits per heavy atom. The van der Waals surface area contributed by atoms with Gasteiger partial charge < -0.3 is 5.11 Å². The smallest absolute Gasteiger partial charge is 0.358 e. The second kappa shape index (κ2) is 3.76. The zero-order valence-corrected chi connectivity index (χ0v) is 8.95. The molecule has 2 heterocycles. The largest absolute Gasteiger partial charge is 0.476 e. The van der Waals surface area contributed by atoms with E-state index in [1.165, 1.54) is 0 Å². The van der Waals surface area contributed by atoms with Crippen molar-refractivity contribution in [2.75, 3.05) is 0 Å². The zero-order valence-electron chi connectivity index (χ0n) is 8.95. The first-order valence-electron chi connectivity index (χ1n) is 4.80. The normalized spacial score (nSPS) is 10.6. The van der Waals surface area contributed by atoms with Gasteiger partial charge in [0, 0.05) is 19.8 Å². The summed E-state index contributed by atoms with van der Waals surface area (Å²) in [7, 11) is 1.74. The molecule has 0 amide bonds. The van der Waals surface area contributed by atoms with Crippen molar-refractivity contribution in [2.45, 2.75) is 13.5 Å². The summed E-state index contributed by atoms with van der Waals surface area (Å²) in [6.45, 7) is 2.43. The zero-order chi connectivity index (χ0) is 11.7. The van der Waals surface area contributed by atoms with Crippen LogP contribution in [0.5, 0.6) is 0 Å². The molecule has 7 nitrogen and oxygen atoms in total. The fourth-order valence-corrected chi connectivity index (χ4v) is 1.54. The van der Waals surface area contributed by atoms with E-state index in [0.717, 1.165) is 0 Å². The van der Waals surface area contributed by atoms with Gasteiger partial charge in [-0.15, -0.1) is 5.10 Å². The van der Waals surface area contributed by atoms with Crippen LogP contribution in [0.2, 0.25) is 0 Å². The van der Waals surface area contributed by atoms with Crippen molar-refractivity contribution in [3.8, 4) is 11.4 Å². The van der Waals surface area contributed by atoms with E-state index in [2.05, 4.69) is 15.4 Å². The van der Waals surface area contributed by atoms with E-state index in [-0.39, 0.29) is 5.69 Å². The molecule has 16 heavy (non-hydrogen) atoms. The maximum Gasteiger partial charge on any atom is 0.358 e. The molecule has 2 aromatic rings. The maximum atomic E-state index is 11.0. The maximum absolute atomic E-state index is 11.0. The van der Waals surface area contributed by atoms with Crippen molar-refractivity contribution < 1.29 is 9.90 Å². The third-order valence-corrected chi connectivity index (χ3v) is 2.30. The van der Waals surface area contributed by atoms with Gasteiger partial charge in [-0.25, -0.2) is 9.48 Å². The summed E-state index contributed by atoms with van der Waals surface area (Å²) < 4.78 is 3.14. The summed E-state index contributed by atoms with van der Waals surface area (Å²) in [4.78, 5) is 11.0. The van der Waals surface area contributed by atoms with Gasteiger partial charge in [0.2, 0.25) is 0 Å². The summed E-state index contributed by atoms with van der Waals surface area (Å²) in [5, 5.41) is 20.5. The fourth-order valence-electron chi connectivity index (χ4n) is 1.54. The average Bonchev–Trinajstić information content (AvgIpc) is 2.82. The number of aryl methyl sites for hydroxylation is 2. The molecule has 0 saturated carbocycles. The van der Waals surface area contributed by atoms with Crippen LogP contribution >= 0.6 is 0 Å². The molecular formula is C9H11N5O2. The molecule has 1 N–H and O–H groups in total. The minimum Gasteiger partial charge on any atom is -0.476 e. The van der Waals surface area contributed by atoms with Gasteiger partial charge in [0.15, 0.2) is 5.69 Å². The number of carboxylic acid groups (broad SMARTS) is 1. The number of aromatic carboxylic acids is 1. The van der Waals surface area contributed by atoms with E-state index >= 15 is 0 Å². The molecule has 7 heteroatoms. The van der Waals surface area contributed by atoms with Gasteiger partial charge in [-0.3, -0.25) is 4.68 Å². The lowest BCUT2D eigenvalue weighted by molar-refractivity contribution is 0.0691. The second-order valence-electron chi connectivity index (χ2n) is 3.25. The molecule has 0 aliphatic carbocycles. The third kappa shape index (κ3) is 1.46. The van der Waals surface area contributed by atoms with Crippen LogP contribution in [-0.4, -0.2) is 35.9 Å². The molecule has 0 aliphatic rings. The standard InChI is InChI=1S/C9H11N5O2/c1-3-14-8(6-4-5-10-13(6)2)7(9(15)16)11-12-14/h4-5H,3H2,1-2H3,(H,15,16). The number of carbonyl (C=O) groups is 1. The predicted molar refractivity (Wildman–Crippen MR) is 54.9 cm³/mol. The number of hydrogen-bond acceptors (Lipinski definition) is 4. The van der Waals surface area contributed by atoms with Crippen LogP contribution < -0.4 is 0 Å². The Hall–Kier alpha value is -2.18. The van der Waals surface area contributed by atoms with Crippen LogP contribution in [0.3, 0.4) is 0 Å². The highest BCUT2D eigenvalue weighted by Gasteiger charge is 2.21. The Bertz CT molecular complexity index is 528. The first kappa shape index (κ1) is 10.3. The van der Waals surface area contributed by atoms with Gasteiger partial charge in [-0.2, -0.15) is 5.10 Å². The third-order valence-electron chi connectivity index (χ3n) is 2.30. The number of rotatable bonds is 3. The molecule has 0 radical (unpaired) electrons. The number of hydrogen-bond donors (Lipinski definition) is 1. The Labute approximate surface area is 91.3 Å². The Balaban J connectivity index is 2.66. The van der Waals surface area contributed by atoms with Gasteiger partial charge in [0.25, 0.3) is 0 Å². The molecule has 0 spiro atoms. The topological polar surface area (TPSA) is 85.8 Å². The summed E-state index contributed by atoms with van der Waals surface area (Å²) in [6, 6.07) is 1.73. The molecule has 0 saturated heterocycles. The molecule has 0 atom stereocenters. The Morgan fingerprint density at radius 3 is 2.81 bits per heavy atom. The number of carboxylic acids is 1. The van der Waals surface area contributed by atoms with Gasteiger partial charge in [-0.1, -0.05) is 5.21 Å². The molecule has 0 aliphatic heterocycles. The summed E-state index contributed by atoms with van der Waals surface area (Å²) >= 11 is 0. The Morgan fingerprint density at radius 2 is 2.31 bits per heavy atom. The quantitative estimate of drug-likeness (QED) is 0.810. The highest BCUT2D eigenvalue weighted by atomic mass is 16.4. The van der Waals surface area contributed by atoms with Gasteiger partial charge in [0.05, 0.1) is 5.69 Å². The second-order valence-corrected chi connectivity index (χ2v) is 3.25. The van der Waals surface area contributed by atoms with Crippen LogP contribution in [0.4, 0.5) is 0 Å². The van der Waals surface area contributed by atoms with Crippen molar-refractivity contribution in [3.05, 3.63) is 18.0 Å². The molecule has 0 aromatic carbocycles. The summed E-state index contributed by atoms with van der Waals surface area (Å²) in [6.07, 6.45) is 1.61. The number of aromatic nitrogens is 5. The molecule has 0 fully saturated rings. The minimum atomic E-state index is -1.09. The molecule has 2 aromatic heterocycles. The van der Waals surface area contributed by atoms with Crippen LogP contribution in [0.25, 0.3) is 11.4 Å². The minimum absolute atomic E-state index is 0.0505. The van der Waals surface area contributed by atoms with Crippen molar-refractivity contribution in [2.24, 2.45) is 7.05 Å². The molecular weight excluding hydrogens is 210 g/mol. The van der Waals surface area contributed by atoms with Crippen molar-refractivity contribution in [3.63, 3.8) is 0 Å². The van der Waals surface area contributed by atoms with Crippen molar-refractivity contribution in [1.82, 2.24) is 24.8 Å². The van der Waals surface area contributed by atoms with Crippen LogP contribution in [0.1, 0.15) is 17.4 Å². The van der Waals surface area contributed by atoms with Gasteiger partial charge in [-0.05, 0) is 13.0 Å². The average molecular weight is 221 g/mol. The predicted octanol–water partition coefficient (Wildman–Crippen LogP) is 0.397. The van der Waals surface area contributed by atoms with Gasteiger partial charge >= 0.3 is 5.97 Å². The SMILES string of the molecule is CCn1nnc(C(=O)O)c1-c1ccnn1C. The Kier molecular flexibility index (Phi) is 2.43. The first-order chi connectivity index (χ1) is 7.65. The van der Waals surface area contributed by atoms with Crippen molar-refractivity contribution in [1.29, 1.82) is 0 Å². The number of nitrogens with zero attached hydrogens (tertiary/aromatic N) is 5. The highest BCUT2D eigenvalue weighted by Crippen LogP contribution is 2.21. The van der Waals surface area contributed by atoms with Crippen LogP contribution in [-0.2, 0) is 13.6 Å². The fraction of sp³-hybridized carbons (Fsp3) is 0.333. The molecule has 2 rings (SSSR count). The molecule has 0 bridgehead atoms. The van der Waals surface area contributed by atoms with Crippen LogP contribution in [0.15, 0.2) is 12.3 Å². The van der Waals surface area contributed by atoms with E-state index in [0.29, 0.717) is 17.9 Å². The lowest BCUT2D eigenvalue weighted by atomic mass is 10.2. The van der Waals surface area contributed by atoms with Crippen molar-refractivity contribution >= 4 is 5.97 Å². The highest BCUT2D eigenvalue weighted by molar-refractivity contribution is 5.92. The molecule has 0 unspecified atom stereocenters. The van der Waals surface area contributed by atoms with E-state index in [1.807, 2.05) is 6.92 Å². The van der Waals surface area contributed by atoms with Crippen LogP contribution in [0, 0.1) is 0 Å². The first-order valence-corrected chi connectivity index (χ1v) is 4.80. The summed E-state index contributed by atoms with van der Waals surface area (Å²) in [5.41, 5.74) is 1.12. The van der Waals surface area contributed by atoms with E-state index in [9.17, 15) is 4.79 Å².